The maximum atomic E-state index is 9.57. The zero-order chi connectivity index (χ0) is 14.0. The van der Waals surface area contributed by atoms with E-state index in [0.29, 0.717) is 6.04 Å². The van der Waals surface area contributed by atoms with E-state index in [0.717, 1.165) is 42.5 Å². The number of piperazine rings is 1. The van der Waals surface area contributed by atoms with Gasteiger partial charge in [0.2, 0.25) is 0 Å². The fourth-order valence-corrected chi connectivity index (χ4v) is 2.83. The highest BCUT2D eigenvalue weighted by molar-refractivity contribution is 6.33. The Morgan fingerprint density at radius 3 is 2.21 bits per heavy atom. The van der Waals surface area contributed by atoms with Gasteiger partial charge in [-0.3, -0.25) is 4.90 Å². The Morgan fingerprint density at radius 2 is 1.74 bits per heavy atom. The minimum Gasteiger partial charge on any atom is -0.389 e. The quantitative estimate of drug-likeness (QED) is 0.923. The van der Waals surface area contributed by atoms with Crippen molar-refractivity contribution in [2.24, 2.45) is 0 Å². The van der Waals surface area contributed by atoms with Gasteiger partial charge in [-0.25, -0.2) is 0 Å². The van der Waals surface area contributed by atoms with E-state index in [2.05, 4.69) is 23.6 Å². The molecule has 0 amide bonds. The molecule has 0 saturated carbocycles. The lowest BCUT2D eigenvalue weighted by molar-refractivity contribution is 0.199. The topological polar surface area (TPSA) is 26.7 Å². The van der Waals surface area contributed by atoms with Crippen LogP contribution in [0.25, 0.3) is 0 Å². The van der Waals surface area contributed by atoms with Crippen LogP contribution in [0.1, 0.15) is 32.4 Å². The lowest BCUT2D eigenvalue weighted by Crippen LogP contribution is -2.49. The Kier molecular flexibility index (Phi) is 4.71. The van der Waals surface area contributed by atoms with E-state index in [1.807, 2.05) is 18.2 Å². The first-order valence-corrected chi connectivity index (χ1v) is 7.33. The molecule has 19 heavy (non-hydrogen) atoms. The van der Waals surface area contributed by atoms with Gasteiger partial charge in [0.05, 0.1) is 16.8 Å². The number of benzene rings is 1. The summed E-state index contributed by atoms with van der Waals surface area (Å²) in [5.74, 6) is 0. The number of rotatable bonds is 3. The first kappa shape index (κ1) is 14.6. The van der Waals surface area contributed by atoms with Gasteiger partial charge in [-0.15, -0.1) is 0 Å². The molecule has 1 N–H and O–H groups in total. The van der Waals surface area contributed by atoms with Crippen LogP contribution in [0.3, 0.4) is 0 Å². The van der Waals surface area contributed by atoms with E-state index in [1.54, 1.807) is 6.92 Å². The summed E-state index contributed by atoms with van der Waals surface area (Å²) in [6.07, 6.45) is -0.468. The zero-order valence-electron chi connectivity index (χ0n) is 11.9. The summed E-state index contributed by atoms with van der Waals surface area (Å²) < 4.78 is 0. The molecule has 1 saturated heterocycles. The fraction of sp³-hybridized carbons (Fsp3) is 0.600. The van der Waals surface area contributed by atoms with Crippen molar-refractivity contribution in [3.8, 4) is 0 Å². The van der Waals surface area contributed by atoms with E-state index in [4.69, 9.17) is 11.6 Å². The highest BCUT2D eigenvalue weighted by Crippen LogP contribution is 2.29. The van der Waals surface area contributed by atoms with Crippen LogP contribution in [-0.2, 0) is 0 Å². The molecule has 1 aliphatic heterocycles. The van der Waals surface area contributed by atoms with E-state index >= 15 is 0 Å². The van der Waals surface area contributed by atoms with Crippen LogP contribution in [0.15, 0.2) is 18.2 Å². The molecule has 1 unspecified atom stereocenters. The fourth-order valence-electron chi connectivity index (χ4n) is 2.52. The second-order valence-corrected chi connectivity index (χ2v) is 5.91. The van der Waals surface area contributed by atoms with E-state index in [1.165, 1.54) is 0 Å². The largest absolute Gasteiger partial charge is 0.389 e. The molecule has 0 radical (unpaired) electrons. The summed E-state index contributed by atoms with van der Waals surface area (Å²) in [7, 11) is 0. The van der Waals surface area contributed by atoms with Gasteiger partial charge in [0, 0.05) is 32.2 Å². The van der Waals surface area contributed by atoms with Crippen LogP contribution in [0, 0.1) is 0 Å². The molecule has 106 valence electrons. The molecule has 2 rings (SSSR count). The van der Waals surface area contributed by atoms with E-state index in [-0.39, 0.29) is 0 Å². The Labute approximate surface area is 120 Å². The van der Waals surface area contributed by atoms with Gasteiger partial charge in [-0.05, 0) is 38.5 Å². The summed E-state index contributed by atoms with van der Waals surface area (Å²) in [6.45, 7) is 10.4. The van der Waals surface area contributed by atoms with Crippen LogP contribution >= 0.6 is 11.6 Å². The van der Waals surface area contributed by atoms with Gasteiger partial charge in [0.1, 0.15) is 0 Å². The highest BCUT2D eigenvalue weighted by Gasteiger charge is 2.20. The molecule has 0 bridgehead atoms. The summed E-state index contributed by atoms with van der Waals surface area (Å²) in [4.78, 5) is 4.81. The second kappa shape index (κ2) is 6.12. The average Bonchev–Trinajstić information content (AvgIpc) is 2.38. The van der Waals surface area contributed by atoms with Crippen molar-refractivity contribution in [1.29, 1.82) is 0 Å². The second-order valence-electron chi connectivity index (χ2n) is 5.50. The molecule has 4 heteroatoms. The van der Waals surface area contributed by atoms with Crippen LogP contribution in [0.5, 0.6) is 0 Å². The summed E-state index contributed by atoms with van der Waals surface area (Å²) in [5.41, 5.74) is 1.95. The lowest BCUT2D eigenvalue weighted by atomic mass is 10.1. The molecule has 3 nitrogen and oxygen atoms in total. The third-order valence-corrected chi connectivity index (χ3v) is 4.14. The van der Waals surface area contributed by atoms with E-state index < -0.39 is 6.10 Å². The lowest BCUT2D eigenvalue weighted by Gasteiger charge is -2.38. The molecule has 1 atom stereocenters. The standard InChI is InChI=1S/C15H23ClN2O/c1-11(2)17-6-8-18(9-7-17)15-5-4-13(12(3)19)10-14(15)16/h4-5,10-12,19H,6-9H2,1-3H3. The third-order valence-electron chi connectivity index (χ3n) is 3.84. The van der Waals surface area contributed by atoms with Crippen molar-refractivity contribution in [3.63, 3.8) is 0 Å². The molecule has 0 aromatic heterocycles. The van der Waals surface area contributed by atoms with Gasteiger partial charge in [0.15, 0.2) is 0 Å². The van der Waals surface area contributed by atoms with Crippen molar-refractivity contribution < 1.29 is 5.11 Å². The van der Waals surface area contributed by atoms with Gasteiger partial charge < -0.3 is 10.0 Å². The number of anilines is 1. The minimum atomic E-state index is -0.468. The Balaban J connectivity index is 2.07. The molecule has 0 aliphatic carbocycles. The van der Waals surface area contributed by atoms with Gasteiger partial charge in [-0.2, -0.15) is 0 Å². The van der Waals surface area contributed by atoms with Crippen molar-refractivity contribution >= 4 is 17.3 Å². The predicted octanol–water partition coefficient (Wildman–Crippen LogP) is 2.92. The number of hydrogen-bond donors (Lipinski definition) is 1. The van der Waals surface area contributed by atoms with E-state index in [9.17, 15) is 5.11 Å². The van der Waals surface area contributed by atoms with Gasteiger partial charge in [-0.1, -0.05) is 17.7 Å². The molecular formula is C15H23ClN2O. The maximum Gasteiger partial charge on any atom is 0.0762 e. The minimum absolute atomic E-state index is 0.468. The molecule has 1 aromatic rings. The van der Waals surface area contributed by atoms with Crippen molar-refractivity contribution in [1.82, 2.24) is 4.90 Å². The molecule has 1 aromatic carbocycles. The number of aliphatic hydroxyl groups excluding tert-OH is 1. The Morgan fingerprint density at radius 1 is 1.11 bits per heavy atom. The molecule has 1 fully saturated rings. The number of hydrogen-bond acceptors (Lipinski definition) is 3. The van der Waals surface area contributed by atoms with Gasteiger partial charge >= 0.3 is 0 Å². The number of nitrogens with zero attached hydrogens (tertiary/aromatic N) is 2. The smallest absolute Gasteiger partial charge is 0.0762 e. The van der Waals surface area contributed by atoms with Crippen molar-refractivity contribution in [2.45, 2.75) is 32.9 Å². The highest BCUT2D eigenvalue weighted by atomic mass is 35.5. The average molecular weight is 283 g/mol. The first-order valence-electron chi connectivity index (χ1n) is 6.95. The molecular weight excluding hydrogens is 260 g/mol. The van der Waals surface area contributed by atoms with Crippen LogP contribution in [0.4, 0.5) is 5.69 Å². The van der Waals surface area contributed by atoms with Gasteiger partial charge in [0.25, 0.3) is 0 Å². The normalized spacial score (nSPS) is 18.9. The number of halogens is 1. The molecule has 1 heterocycles. The Hall–Kier alpha value is -0.770. The monoisotopic (exact) mass is 282 g/mol. The summed E-state index contributed by atoms with van der Waals surface area (Å²) >= 11 is 6.34. The summed E-state index contributed by atoms with van der Waals surface area (Å²) in [6, 6.07) is 6.46. The van der Waals surface area contributed by atoms with Crippen molar-refractivity contribution in [2.75, 3.05) is 31.1 Å². The summed E-state index contributed by atoms with van der Waals surface area (Å²) in [5, 5.41) is 10.3. The predicted molar refractivity (Wildman–Crippen MR) is 81.0 cm³/mol. The van der Waals surface area contributed by atoms with Crippen LogP contribution in [0.2, 0.25) is 5.02 Å². The number of aliphatic hydroxyl groups is 1. The van der Waals surface area contributed by atoms with Crippen LogP contribution in [-0.4, -0.2) is 42.2 Å². The van der Waals surface area contributed by atoms with Crippen LogP contribution < -0.4 is 4.90 Å². The SMILES string of the molecule is CC(O)c1ccc(N2CCN(C(C)C)CC2)c(Cl)c1. The third kappa shape index (κ3) is 3.41. The Bertz CT molecular complexity index is 426. The molecule has 1 aliphatic rings. The maximum absolute atomic E-state index is 9.57. The van der Waals surface area contributed by atoms with Crippen molar-refractivity contribution in [3.05, 3.63) is 28.8 Å². The molecule has 0 spiro atoms. The first-order chi connectivity index (χ1) is 8.99. The zero-order valence-corrected chi connectivity index (χ0v) is 12.7.